The van der Waals surface area contributed by atoms with E-state index in [1.165, 1.54) is 24.3 Å². The van der Waals surface area contributed by atoms with E-state index in [1.807, 2.05) is 24.3 Å². The zero-order chi connectivity index (χ0) is 16.1. The van der Waals surface area contributed by atoms with Gasteiger partial charge in [-0.15, -0.1) is 0 Å². The van der Waals surface area contributed by atoms with Crippen LogP contribution in [0.3, 0.4) is 0 Å². The van der Waals surface area contributed by atoms with Gasteiger partial charge in [-0.25, -0.2) is 4.39 Å². The summed E-state index contributed by atoms with van der Waals surface area (Å²) >= 11 is 0. The molecule has 23 heavy (non-hydrogen) atoms. The fourth-order valence-electron chi connectivity index (χ4n) is 2.21. The lowest BCUT2D eigenvalue weighted by molar-refractivity contribution is 0.0951. The van der Waals surface area contributed by atoms with Crippen LogP contribution in [-0.4, -0.2) is 25.0 Å². The van der Waals surface area contributed by atoms with Gasteiger partial charge in [-0.05, 0) is 42.0 Å². The first kappa shape index (κ1) is 15.0. The highest BCUT2D eigenvalue weighted by molar-refractivity contribution is 5.95. The normalized spacial score (nSPS) is 13.2. The Hall–Kier alpha value is -2.89. The maximum absolute atomic E-state index is 12.8. The van der Waals surface area contributed by atoms with Gasteiger partial charge in [0.25, 0.3) is 5.91 Å². The molecule has 0 saturated heterocycles. The number of amides is 1. The van der Waals surface area contributed by atoms with Crippen molar-refractivity contribution in [2.24, 2.45) is 4.99 Å². The minimum Gasteiger partial charge on any atom is -0.354 e. The van der Waals surface area contributed by atoms with Gasteiger partial charge >= 0.3 is 0 Å². The summed E-state index contributed by atoms with van der Waals surface area (Å²) in [6.45, 7) is 2.06. The lowest BCUT2D eigenvalue weighted by Gasteiger charge is -2.08. The molecule has 0 fully saturated rings. The maximum Gasteiger partial charge on any atom is 0.251 e. The van der Waals surface area contributed by atoms with E-state index in [-0.39, 0.29) is 11.7 Å². The highest BCUT2D eigenvalue weighted by Crippen LogP contribution is 2.10. The van der Waals surface area contributed by atoms with Gasteiger partial charge in [-0.1, -0.05) is 12.1 Å². The Kier molecular flexibility index (Phi) is 4.52. The number of hydrogen-bond acceptors (Lipinski definition) is 4. The molecule has 0 bridgehead atoms. The number of benzene rings is 2. The molecule has 0 unspecified atom stereocenters. The SMILES string of the molecule is O=C(NCc1ccc(NC2=NCCN2)cc1)c1ccc(F)cc1. The van der Waals surface area contributed by atoms with Crippen LogP contribution in [0.15, 0.2) is 53.5 Å². The Morgan fingerprint density at radius 1 is 1.13 bits per heavy atom. The first-order valence-corrected chi connectivity index (χ1v) is 7.39. The second-order valence-corrected chi connectivity index (χ2v) is 5.17. The number of halogens is 1. The lowest BCUT2D eigenvalue weighted by atomic mass is 10.2. The molecule has 0 atom stereocenters. The van der Waals surface area contributed by atoms with E-state index in [4.69, 9.17) is 0 Å². The molecule has 3 rings (SSSR count). The molecule has 118 valence electrons. The van der Waals surface area contributed by atoms with Gasteiger partial charge in [-0.2, -0.15) is 0 Å². The molecule has 1 aliphatic rings. The molecule has 3 N–H and O–H groups in total. The summed E-state index contributed by atoms with van der Waals surface area (Å²) in [5.74, 6) is 0.199. The fraction of sp³-hybridized carbons (Fsp3) is 0.176. The standard InChI is InChI=1S/C17H17FN4O/c18-14-5-3-13(4-6-14)16(23)21-11-12-1-7-15(8-2-12)22-17-19-9-10-20-17/h1-8H,9-11H2,(H,21,23)(H2,19,20,22). The van der Waals surface area contributed by atoms with Crippen molar-refractivity contribution in [3.8, 4) is 0 Å². The minimum absolute atomic E-state index is 0.225. The van der Waals surface area contributed by atoms with E-state index in [0.717, 1.165) is 30.3 Å². The number of rotatable bonds is 4. The second-order valence-electron chi connectivity index (χ2n) is 5.17. The van der Waals surface area contributed by atoms with Crippen LogP contribution >= 0.6 is 0 Å². The molecule has 0 radical (unpaired) electrons. The number of carbonyl (C=O) groups is 1. The molecule has 2 aromatic carbocycles. The second kappa shape index (κ2) is 6.91. The molecule has 0 aliphatic carbocycles. The molecule has 0 spiro atoms. The third-order valence-corrected chi connectivity index (χ3v) is 3.45. The predicted octanol–water partition coefficient (Wildman–Crippen LogP) is 2.13. The van der Waals surface area contributed by atoms with Crippen molar-refractivity contribution in [3.05, 3.63) is 65.5 Å². The maximum atomic E-state index is 12.8. The largest absolute Gasteiger partial charge is 0.354 e. The number of nitrogens with one attached hydrogen (secondary N) is 3. The van der Waals surface area contributed by atoms with E-state index < -0.39 is 0 Å². The van der Waals surface area contributed by atoms with Crippen molar-refractivity contribution in [2.45, 2.75) is 6.54 Å². The smallest absolute Gasteiger partial charge is 0.251 e. The van der Waals surface area contributed by atoms with Crippen molar-refractivity contribution in [1.82, 2.24) is 10.6 Å². The summed E-state index contributed by atoms with van der Waals surface area (Å²) in [5, 5.41) is 9.13. The molecular formula is C17H17FN4O. The number of aliphatic imine (C=N–C) groups is 1. The summed E-state index contributed by atoms with van der Waals surface area (Å²) in [4.78, 5) is 16.2. The monoisotopic (exact) mass is 312 g/mol. The van der Waals surface area contributed by atoms with E-state index >= 15 is 0 Å². The minimum atomic E-state index is -0.356. The lowest BCUT2D eigenvalue weighted by Crippen LogP contribution is -2.26. The van der Waals surface area contributed by atoms with Crippen molar-refractivity contribution < 1.29 is 9.18 Å². The number of anilines is 1. The quantitative estimate of drug-likeness (QED) is 0.810. The van der Waals surface area contributed by atoms with Crippen LogP contribution in [0.25, 0.3) is 0 Å². The first-order valence-electron chi connectivity index (χ1n) is 7.39. The van der Waals surface area contributed by atoms with Crippen LogP contribution in [0.5, 0.6) is 0 Å². The average molecular weight is 312 g/mol. The molecule has 2 aromatic rings. The highest BCUT2D eigenvalue weighted by Gasteiger charge is 2.06. The van der Waals surface area contributed by atoms with Gasteiger partial charge in [0, 0.05) is 24.3 Å². The van der Waals surface area contributed by atoms with Gasteiger partial charge in [0.05, 0.1) is 6.54 Å². The molecule has 1 aliphatic heterocycles. The van der Waals surface area contributed by atoms with Gasteiger partial charge in [0.1, 0.15) is 5.82 Å². The molecular weight excluding hydrogens is 295 g/mol. The summed E-state index contributed by atoms with van der Waals surface area (Å²) in [7, 11) is 0. The van der Waals surface area contributed by atoms with Crippen molar-refractivity contribution >= 4 is 17.6 Å². The molecule has 0 aromatic heterocycles. The zero-order valence-electron chi connectivity index (χ0n) is 12.5. The number of hydrogen-bond donors (Lipinski definition) is 3. The Morgan fingerprint density at radius 2 is 1.87 bits per heavy atom. The number of carbonyl (C=O) groups excluding carboxylic acids is 1. The third-order valence-electron chi connectivity index (χ3n) is 3.45. The van der Waals surface area contributed by atoms with E-state index in [9.17, 15) is 9.18 Å². The summed E-state index contributed by atoms with van der Waals surface area (Å²) in [5.41, 5.74) is 2.36. The fourth-order valence-corrected chi connectivity index (χ4v) is 2.21. The summed E-state index contributed by atoms with van der Waals surface area (Å²) in [6, 6.07) is 13.2. The number of nitrogens with zero attached hydrogens (tertiary/aromatic N) is 1. The van der Waals surface area contributed by atoms with Crippen LogP contribution in [-0.2, 0) is 6.54 Å². The van der Waals surface area contributed by atoms with E-state index in [2.05, 4.69) is 20.9 Å². The average Bonchev–Trinajstić information content (AvgIpc) is 3.07. The zero-order valence-corrected chi connectivity index (χ0v) is 12.5. The number of guanidine groups is 1. The molecule has 0 saturated carbocycles. The molecule has 1 heterocycles. The van der Waals surface area contributed by atoms with Crippen LogP contribution in [0.2, 0.25) is 0 Å². The van der Waals surface area contributed by atoms with Gasteiger partial charge in [0.15, 0.2) is 5.96 Å². The van der Waals surface area contributed by atoms with Crippen LogP contribution in [0, 0.1) is 5.82 Å². The molecule has 1 amide bonds. The van der Waals surface area contributed by atoms with Gasteiger partial charge in [0.2, 0.25) is 0 Å². The van der Waals surface area contributed by atoms with Crippen molar-refractivity contribution in [1.29, 1.82) is 0 Å². The van der Waals surface area contributed by atoms with Crippen LogP contribution in [0.4, 0.5) is 10.1 Å². The Labute approximate surface area is 133 Å². The summed E-state index contributed by atoms with van der Waals surface area (Å²) < 4.78 is 12.8. The van der Waals surface area contributed by atoms with Crippen LogP contribution < -0.4 is 16.0 Å². The third kappa shape index (κ3) is 4.06. The van der Waals surface area contributed by atoms with Gasteiger partial charge in [-0.3, -0.25) is 9.79 Å². The molecule has 6 heteroatoms. The first-order chi connectivity index (χ1) is 11.2. The van der Waals surface area contributed by atoms with E-state index in [1.54, 1.807) is 0 Å². The van der Waals surface area contributed by atoms with E-state index in [0.29, 0.717) is 12.1 Å². The van der Waals surface area contributed by atoms with Crippen molar-refractivity contribution in [2.75, 3.05) is 18.4 Å². The van der Waals surface area contributed by atoms with Crippen molar-refractivity contribution in [3.63, 3.8) is 0 Å². The Balaban J connectivity index is 1.53. The highest BCUT2D eigenvalue weighted by atomic mass is 19.1. The topological polar surface area (TPSA) is 65.5 Å². The molecule has 5 nitrogen and oxygen atoms in total. The van der Waals surface area contributed by atoms with Gasteiger partial charge < -0.3 is 16.0 Å². The Morgan fingerprint density at radius 3 is 2.52 bits per heavy atom. The Bertz CT molecular complexity index is 710. The summed E-state index contributed by atoms with van der Waals surface area (Å²) in [6.07, 6.45) is 0. The predicted molar refractivity (Wildman–Crippen MR) is 87.9 cm³/mol. The van der Waals surface area contributed by atoms with Crippen LogP contribution in [0.1, 0.15) is 15.9 Å².